The molecule has 0 aliphatic heterocycles. The van der Waals surface area contributed by atoms with Crippen molar-refractivity contribution in [3.05, 3.63) is 93.2 Å². The predicted molar refractivity (Wildman–Crippen MR) is 150 cm³/mol. The summed E-state index contributed by atoms with van der Waals surface area (Å²) in [6.07, 6.45) is 1.47. The number of halogens is 3. The molecule has 0 aliphatic carbocycles. The number of aromatic nitrogens is 1. The van der Waals surface area contributed by atoms with E-state index in [1.54, 1.807) is 35.7 Å². The van der Waals surface area contributed by atoms with Crippen LogP contribution in [-0.4, -0.2) is 27.6 Å². The van der Waals surface area contributed by atoms with Gasteiger partial charge in [-0.1, -0.05) is 41.4 Å². The quantitative estimate of drug-likeness (QED) is 0.209. The van der Waals surface area contributed by atoms with Gasteiger partial charge in [0.15, 0.2) is 5.13 Å². The van der Waals surface area contributed by atoms with Crippen molar-refractivity contribution in [1.82, 2.24) is 4.98 Å². The van der Waals surface area contributed by atoms with E-state index in [9.17, 15) is 8.42 Å². The van der Waals surface area contributed by atoms with Gasteiger partial charge in [-0.25, -0.2) is 22.1 Å². The Labute approximate surface area is 234 Å². The van der Waals surface area contributed by atoms with Crippen molar-refractivity contribution in [1.29, 1.82) is 0 Å². The third-order valence-corrected chi connectivity index (χ3v) is 9.09. The van der Waals surface area contributed by atoms with Crippen molar-refractivity contribution in [2.75, 3.05) is 23.8 Å². The van der Waals surface area contributed by atoms with Crippen molar-refractivity contribution < 1.29 is 22.3 Å². The fourth-order valence-corrected chi connectivity index (χ4v) is 6.75. The van der Waals surface area contributed by atoms with Gasteiger partial charge in [-0.15, -0.1) is 11.3 Å². The second-order valence-electron chi connectivity index (χ2n) is 8.15. The number of anilines is 2. The summed E-state index contributed by atoms with van der Waals surface area (Å²) in [6.45, 7) is 1.68. The highest BCUT2D eigenvalue weighted by Gasteiger charge is 2.32. The van der Waals surface area contributed by atoms with Crippen molar-refractivity contribution in [2.24, 2.45) is 0 Å². The topological polar surface area (TPSA) is 80.8 Å². The number of nitrogens with one attached hydrogen (secondary N) is 1. The second kappa shape index (κ2) is 11.8. The van der Waals surface area contributed by atoms with Crippen LogP contribution >= 0.6 is 34.5 Å². The van der Waals surface area contributed by atoms with Crippen molar-refractivity contribution in [2.45, 2.75) is 24.4 Å². The lowest BCUT2D eigenvalue weighted by atomic mass is 10.1. The van der Waals surface area contributed by atoms with Gasteiger partial charge >= 0.3 is 0 Å². The molecule has 0 amide bonds. The monoisotopic (exact) mass is 595 g/mol. The normalized spacial score (nSPS) is 12.2. The Bertz CT molecular complexity index is 1540. The van der Waals surface area contributed by atoms with Gasteiger partial charge < -0.3 is 14.8 Å². The van der Waals surface area contributed by atoms with Crippen LogP contribution in [0, 0.1) is 5.82 Å². The molecular weight excluding hydrogens is 572 g/mol. The minimum absolute atomic E-state index is 0.0324. The van der Waals surface area contributed by atoms with E-state index in [0.717, 1.165) is 33.3 Å². The summed E-state index contributed by atoms with van der Waals surface area (Å²) in [7, 11) is -1.45. The Hall–Kier alpha value is -3.05. The van der Waals surface area contributed by atoms with Gasteiger partial charge in [0.25, 0.3) is 10.0 Å². The van der Waals surface area contributed by atoms with Gasteiger partial charge in [0, 0.05) is 28.2 Å². The van der Waals surface area contributed by atoms with E-state index in [2.05, 4.69) is 10.3 Å². The van der Waals surface area contributed by atoms with Gasteiger partial charge in [0.1, 0.15) is 22.2 Å². The molecule has 0 spiro atoms. The minimum atomic E-state index is -4.43. The molecule has 4 aromatic rings. The summed E-state index contributed by atoms with van der Waals surface area (Å²) in [5, 5.41) is 5.47. The van der Waals surface area contributed by atoms with Gasteiger partial charge in [-0.2, -0.15) is 0 Å². The molecule has 7 nitrogen and oxygen atoms in total. The second-order valence-corrected chi connectivity index (χ2v) is 11.7. The lowest BCUT2D eigenvalue weighted by molar-refractivity contribution is 0.391. The summed E-state index contributed by atoms with van der Waals surface area (Å²) >= 11 is 13.8. The predicted octanol–water partition coefficient (Wildman–Crippen LogP) is 7.17. The first-order valence-electron chi connectivity index (χ1n) is 11.3. The number of sulfonamides is 1. The van der Waals surface area contributed by atoms with E-state index in [0.29, 0.717) is 22.1 Å². The third-order valence-electron chi connectivity index (χ3n) is 5.77. The molecule has 4 rings (SSSR count). The average molecular weight is 597 g/mol. The molecule has 12 heteroatoms. The third kappa shape index (κ3) is 5.83. The molecule has 200 valence electrons. The Morgan fingerprint density at radius 2 is 1.84 bits per heavy atom. The Morgan fingerprint density at radius 3 is 2.50 bits per heavy atom. The molecule has 0 radical (unpaired) electrons. The maximum absolute atomic E-state index is 15.5. The average Bonchev–Trinajstić information content (AvgIpc) is 3.43. The van der Waals surface area contributed by atoms with Gasteiger partial charge in [0.2, 0.25) is 0 Å². The lowest BCUT2D eigenvalue weighted by Gasteiger charge is -2.24. The highest BCUT2D eigenvalue weighted by atomic mass is 35.5. The molecule has 1 atom stereocenters. The molecule has 0 saturated carbocycles. The molecule has 0 fully saturated rings. The first-order valence-corrected chi connectivity index (χ1v) is 14.4. The van der Waals surface area contributed by atoms with Crippen LogP contribution in [0.5, 0.6) is 11.5 Å². The molecule has 1 heterocycles. The maximum atomic E-state index is 15.5. The number of nitrogens with zero attached hydrogens (tertiary/aromatic N) is 2. The van der Waals surface area contributed by atoms with Crippen LogP contribution in [0.3, 0.4) is 0 Å². The van der Waals surface area contributed by atoms with E-state index in [1.165, 1.54) is 20.4 Å². The Morgan fingerprint density at radius 1 is 1.08 bits per heavy atom. The summed E-state index contributed by atoms with van der Waals surface area (Å²) in [4.78, 5) is 3.58. The lowest BCUT2D eigenvalue weighted by Crippen LogP contribution is -2.31. The Kier molecular flexibility index (Phi) is 8.67. The standard InChI is InChI=1S/C26H24Cl2FN3O4S2/c1-16(19-6-4-5-7-20(19)27)31-23-14-22(29)25(13-21(23)28)38(33,34)32(26-30-10-11-37-26)15-17-8-9-18(35-2)12-24(17)36-3/h4-14,16,31H,15H2,1-3H3. The molecule has 0 bridgehead atoms. The fraction of sp³-hybridized carbons (Fsp3) is 0.192. The number of methoxy groups -OCH3 is 2. The molecule has 1 N–H and O–H groups in total. The molecule has 0 saturated heterocycles. The van der Waals surface area contributed by atoms with Crippen molar-refractivity contribution in [3.63, 3.8) is 0 Å². The zero-order valence-electron chi connectivity index (χ0n) is 20.6. The molecule has 3 aromatic carbocycles. The molecule has 1 aromatic heterocycles. The molecule has 38 heavy (non-hydrogen) atoms. The summed E-state index contributed by atoms with van der Waals surface area (Å²) in [5.41, 5.74) is 1.55. The number of thiazole rings is 1. The largest absolute Gasteiger partial charge is 0.497 e. The van der Waals surface area contributed by atoms with Crippen LogP contribution in [0.15, 0.2) is 71.1 Å². The zero-order chi connectivity index (χ0) is 27.4. The number of hydrogen-bond acceptors (Lipinski definition) is 7. The molecule has 1 unspecified atom stereocenters. The smallest absolute Gasteiger partial charge is 0.269 e. The Balaban J connectivity index is 1.70. The van der Waals surface area contributed by atoms with E-state index in [1.807, 2.05) is 19.1 Å². The summed E-state index contributed by atoms with van der Waals surface area (Å²) in [6, 6.07) is 14.1. The van der Waals surface area contributed by atoms with Crippen LogP contribution < -0.4 is 19.1 Å². The van der Waals surface area contributed by atoms with Crippen molar-refractivity contribution >= 4 is 55.4 Å². The number of hydrogen-bond donors (Lipinski definition) is 1. The van der Waals surface area contributed by atoms with Gasteiger partial charge in [0.05, 0.1) is 37.5 Å². The first kappa shape index (κ1) is 28.0. The molecule has 0 aliphatic rings. The van der Waals surface area contributed by atoms with E-state index >= 15 is 4.39 Å². The highest BCUT2D eigenvalue weighted by molar-refractivity contribution is 7.93. The summed E-state index contributed by atoms with van der Waals surface area (Å²) < 4.78 is 54.8. The first-order chi connectivity index (χ1) is 18.1. The minimum Gasteiger partial charge on any atom is -0.497 e. The highest BCUT2D eigenvalue weighted by Crippen LogP contribution is 2.36. The number of rotatable bonds is 10. The zero-order valence-corrected chi connectivity index (χ0v) is 23.8. The van der Waals surface area contributed by atoms with Crippen molar-refractivity contribution in [3.8, 4) is 11.5 Å². The maximum Gasteiger partial charge on any atom is 0.269 e. The SMILES string of the molecule is COc1ccc(CN(c2nccs2)S(=O)(=O)c2cc(Cl)c(NC(C)c3ccccc3Cl)cc2F)c(OC)c1. The van der Waals surface area contributed by atoms with E-state index in [-0.39, 0.29) is 28.4 Å². The van der Waals surface area contributed by atoms with E-state index in [4.69, 9.17) is 32.7 Å². The van der Waals surface area contributed by atoms with Crippen LogP contribution in [0.2, 0.25) is 10.0 Å². The van der Waals surface area contributed by atoms with Gasteiger partial charge in [-0.3, -0.25) is 0 Å². The van der Waals surface area contributed by atoms with Crippen LogP contribution in [-0.2, 0) is 16.6 Å². The van der Waals surface area contributed by atoms with Gasteiger partial charge in [-0.05, 0) is 42.8 Å². The summed E-state index contributed by atoms with van der Waals surface area (Å²) in [5.74, 6) is -0.0135. The molecular formula is C26H24Cl2FN3O4S2. The fourth-order valence-electron chi connectivity index (χ4n) is 3.82. The number of ether oxygens (including phenoxy) is 2. The van der Waals surface area contributed by atoms with Crippen LogP contribution in [0.1, 0.15) is 24.1 Å². The number of benzene rings is 3. The van der Waals surface area contributed by atoms with Crippen LogP contribution in [0.25, 0.3) is 0 Å². The van der Waals surface area contributed by atoms with Crippen LogP contribution in [0.4, 0.5) is 15.2 Å². The van der Waals surface area contributed by atoms with E-state index < -0.39 is 20.7 Å².